The van der Waals surface area contributed by atoms with Crippen LogP contribution in [0.2, 0.25) is 0 Å². The van der Waals surface area contributed by atoms with Gasteiger partial charge in [0.05, 0.1) is 0 Å². The van der Waals surface area contributed by atoms with Gasteiger partial charge >= 0.3 is 9.53 Å². The Hall–Kier alpha value is 0.0169. The molecule has 0 aromatic carbocycles. The van der Waals surface area contributed by atoms with Gasteiger partial charge in [-0.15, -0.1) is 0 Å². The zero-order valence-corrected chi connectivity index (χ0v) is 17.8. The fourth-order valence-electron chi connectivity index (χ4n) is 2.25. The first-order chi connectivity index (χ1) is 11.6. The number of hydrogen-bond donors (Lipinski definition) is 2. The van der Waals surface area contributed by atoms with Gasteiger partial charge in [0.2, 0.25) is 0 Å². The summed E-state index contributed by atoms with van der Waals surface area (Å²) in [5.41, 5.74) is 5.65. The summed E-state index contributed by atoms with van der Waals surface area (Å²) in [4.78, 5) is 0. The molecule has 5 nitrogen and oxygen atoms in total. The molecule has 0 amide bonds. The van der Waals surface area contributed by atoms with Crippen molar-refractivity contribution in [1.82, 2.24) is 5.32 Å². The van der Waals surface area contributed by atoms with Gasteiger partial charge in [0, 0.05) is 44.4 Å². The van der Waals surface area contributed by atoms with Gasteiger partial charge in [-0.1, -0.05) is 40.0 Å². The molecule has 3 N–H and O–H groups in total. The average Bonchev–Trinajstić information content (AvgIpc) is 2.53. The van der Waals surface area contributed by atoms with Crippen molar-refractivity contribution in [3.63, 3.8) is 0 Å². The molecule has 0 saturated carbocycles. The molecule has 0 aromatic heterocycles. The smallest absolute Gasteiger partial charge is 0.376 e. The second kappa shape index (κ2) is 16.5. The maximum atomic E-state index is 5.67. The van der Waals surface area contributed by atoms with Gasteiger partial charge in [-0.05, 0) is 33.1 Å². The Bertz CT molecular complexity index is 242. The fourth-order valence-corrected chi connectivity index (χ4v) is 3.61. The van der Waals surface area contributed by atoms with Gasteiger partial charge in [0.25, 0.3) is 0 Å². The van der Waals surface area contributed by atoms with Crippen LogP contribution in [0.1, 0.15) is 73.1 Å². The van der Waals surface area contributed by atoms with E-state index in [0.717, 1.165) is 70.8 Å². The third-order valence-corrected chi connectivity index (χ3v) is 5.77. The number of unbranched alkanes of at least 4 members (excludes halogenated alkanes) is 3. The van der Waals surface area contributed by atoms with Crippen molar-refractivity contribution in [2.24, 2.45) is 11.7 Å². The highest BCUT2D eigenvalue weighted by Gasteiger charge is 2.28. The summed E-state index contributed by atoms with van der Waals surface area (Å²) in [7, 11) is -1.83. The second-order valence-electron chi connectivity index (χ2n) is 6.68. The lowest BCUT2D eigenvalue weighted by molar-refractivity contribution is 0.0899. The molecular formula is C18H42N2O3Si. The molecule has 0 aromatic rings. The normalized spacial score (nSPS) is 21.1. The summed E-state index contributed by atoms with van der Waals surface area (Å²) in [6.45, 7) is 14.2. The Morgan fingerprint density at radius 1 is 0.958 bits per heavy atom. The van der Waals surface area contributed by atoms with E-state index < -0.39 is 9.53 Å². The third-order valence-electron chi connectivity index (χ3n) is 4.25. The van der Waals surface area contributed by atoms with Crippen LogP contribution < -0.4 is 11.1 Å². The standard InChI is InChI=1S/C12H28O3Si.C6H14N2/c1-4-7-10-13-16(14-11-8-5-2)15-12-9-6-3;1-4(7)6-3-8-5(6)2/h16H,4-12H2,1-3H3;4-6,8H,3,7H2,1-2H3. The van der Waals surface area contributed by atoms with E-state index in [1.54, 1.807) is 0 Å². The summed E-state index contributed by atoms with van der Waals surface area (Å²) < 4.78 is 17.0. The van der Waals surface area contributed by atoms with E-state index in [9.17, 15) is 0 Å². The van der Waals surface area contributed by atoms with Crippen molar-refractivity contribution in [1.29, 1.82) is 0 Å². The van der Waals surface area contributed by atoms with Gasteiger partial charge in [-0.3, -0.25) is 0 Å². The molecule has 1 aliphatic heterocycles. The number of rotatable bonds is 13. The molecule has 146 valence electrons. The van der Waals surface area contributed by atoms with Crippen LogP contribution in [0.25, 0.3) is 0 Å². The summed E-state index contributed by atoms with van der Waals surface area (Å²) >= 11 is 0. The minimum Gasteiger partial charge on any atom is -0.376 e. The van der Waals surface area contributed by atoms with Gasteiger partial charge in [0.1, 0.15) is 0 Å². The lowest BCUT2D eigenvalue weighted by atomic mass is 9.87. The quantitative estimate of drug-likeness (QED) is 0.389. The van der Waals surface area contributed by atoms with E-state index in [2.05, 4.69) is 39.9 Å². The minimum absolute atomic E-state index is 0.367. The number of nitrogens with two attached hydrogens (primary N) is 1. The van der Waals surface area contributed by atoms with Crippen LogP contribution in [0.3, 0.4) is 0 Å². The largest absolute Gasteiger partial charge is 0.484 e. The van der Waals surface area contributed by atoms with Crippen molar-refractivity contribution >= 4 is 9.53 Å². The Kier molecular flexibility index (Phi) is 16.5. The Morgan fingerprint density at radius 2 is 1.38 bits per heavy atom. The minimum atomic E-state index is -1.83. The molecule has 1 fully saturated rings. The molecule has 24 heavy (non-hydrogen) atoms. The molecule has 0 aliphatic carbocycles. The van der Waals surface area contributed by atoms with Crippen LogP contribution in [0.15, 0.2) is 0 Å². The van der Waals surface area contributed by atoms with Crippen LogP contribution >= 0.6 is 0 Å². The SMILES string of the molecule is CC(N)C1CNC1C.CCCCO[SiH](OCCCC)OCCCC. The summed E-state index contributed by atoms with van der Waals surface area (Å²) in [6.07, 6.45) is 6.76. The van der Waals surface area contributed by atoms with Crippen molar-refractivity contribution in [2.45, 2.75) is 85.2 Å². The first-order valence-corrected chi connectivity index (χ1v) is 11.3. The van der Waals surface area contributed by atoms with Crippen LogP contribution in [0, 0.1) is 5.92 Å². The molecular weight excluding hydrogens is 320 g/mol. The van der Waals surface area contributed by atoms with Crippen LogP contribution in [-0.4, -0.2) is 48.0 Å². The monoisotopic (exact) mass is 362 g/mol. The second-order valence-corrected chi connectivity index (χ2v) is 8.26. The van der Waals surface area contributed by atoms with E-state index in [1.165, 1.54) is 0 Å². The molecule has 6 heteroatoms. The predicted molar refractivity (Wildman–Crippen MR) is 104 cm³/mol. The highest BCUT2D eigenvalue weighted by atomic mass is 28.3. The Morgan fingerprint density at radius 3 is 1.54 bits per heavy atom. The van der Waals surface area contributed by atoms with Gasteiger partial charge in [-0.2, -0.15) is 0 Å². The summed E-state index contributed by atoms with van der Waals surface area (Å²) in [5.74, 6) is 0.718. The average molecular weight is 363 g/mol. The van der Waals surface area contributed by atoms with Crippen molar-refractivity contribution in [3.05, 3.63) is 0 Å². The maximum absolute atomic E-state index is 5.67. The molecule has 1 heterocycles. The number of hydrogen-bond acceptors (Lipinski definition) is 5. The third kappa shape index (κ3) is 12.4. The molecule has 0 spiro atoms. The molecule has 0 bridgehead atoms. The van der Waals surface area contributed by atoms with E-state index in [-0.39, 0.29) is 0 Å². The van der Waals surface area contributed by atoms with Crippen molar-refractivity contribution in [2.75, 3.05) is 26.4 Å². The van der Waals surface area contributed by atoms with Gasteiger partial charge in [0.15, 0.2) is 0 Å². The zero-order valence-electron chi connectivity index (χ0n) is 16.7. The molecule has 1 rings (SSSR count). The first-order valence-electron chi connectivity index (χ1n) is 9.90. The maximum Gasteiger partial charge on any atom is 0.484 e. The van der Waals surface area contributed by atoms with E-state index >= 15 is 0 Å². The van der Waals surface area contributed by atoms with E-state index in [0.29, 0.717) is 12.1 Å². The van der Waals surface area contributed by atoms with E-state index in [1.807, 2.05) is 0 Å². The van der Waals surface area contributed by atoms with Gasteiger partial charge in [-0.25, -0.2) is 0 Å². The molecule has 1 aliphatic rings. The fraction of sp³-hybridized carbons (Fsp3) is 1.00. The first kappa shape index (κ1) is 24.0. The molecule has 3 atom stereocenters. The Balaban J connectivity index is 0.000000546. The highest BCUT2D eigenvalue weighted by molar-refractivity contribution is 6.36. The lowest BCUT2D eigenvalue weighted by Crippen LogP contribution is -2.57. The molecule has 3 unspecified atom stereocenters. The van der Waals surface area contributed by atoms with Crippen LogP contribution in [-0.2, 0) is 13.3 Å². The number of nitrogens with one attached hydrogen (secondary N) is 1. The highest BCUT2D eigenvalue weighted by Crippen LogP contribution is 2.14. The summed E-state index contributed by atoms with van der Waals surface area (Å²) in [5, 5.41) is 3.26. The van der Waals surface area contributed by atoms with Crippen LogP contribution in [0.5, 0.6) is 0 Å². The predicted octanol–water partition coefficient (Wildman–Crippen LogP) is 3.10. The van der Waals surface area contributed by atoms with Crippen LogP contribution in [0.4, 0.5) is 0 Å². The summed E-state index contributed by atoms with van der Waals surface area (Å²) in [6, 6.07) is 1.02. The topological polar surface area (TPSA) is 65.7 Å². The molecule has 0 radical (unpaired) electrons. The van der Waals surface area contributed by atoms with Crippen molar-refractivity contribution in [3.8, 4) is 0 Å². The lowest BCUT2D eigenvalue weighted by Gasteiger charge is -2.38. The Labute approximate surface area is 152 Å². The van der Waals surface area contributed by atoms with E-state index in [4.69, 9.17) is 19.0 Å². The molecule has 1 saturated heterocycles. The van der Waals surface area contributed by atoms with Crippen molar-refractivity contribution < 1.29 is 13.3 Å². The van der Waals surface area contributed by atoms with Gasteiger partial charge < -0.3 is 24.3 Å². The zero-order chi connectivity index (χ0) is 18.2.